The van der Waals surface area contributed by atoms with Gasteiger partial charge in [-0.15, -0.1) is 0 Å². The number of nitrogens with two attached hydrogens (primary N) is 1. The molecule has 0 amide bonds. The molecular weight excluding hydrogens is 136 g/mol. The third kappa shape index (κ3) is 9.92. The maximum Gasteiger partial charge on any atom is 0.00745 e. The van der Waals surface area contributed by atoms with Gasteiger partial charge in [-0.05, 0) is 18.9 Å². The Morgan fingerprint density at radius 1 is 1.18 bits per heavy atom. The average molecular weight is 158 g/mol. The molecule has 3 N–H and O–H groups in total. The van der Waals surface area contributed by atoms with E-state index in [-0.39, 0.29) is 0 Å². The summed E-state index contributed by atoms with van der Waals surface area (Å²) in [6.07, 6.45) is 3.98. The van der Waals surface area contributed by atoms with Gasteiger partial charge < -0.3 is 11.1 Å². The van der Waals surface area contributed by atoms with Gasteiger partial charge in [0, 0.05) is 13.1 Å². The summed E-state index contributed by atoms with van der Waals surface area (Å²) in [5, 5.41) is 3.28. The minimum absolute atomic E-state index is 0.754. The molecule has 2 heteroatoms. The van der Waals surface area contributed by atoms with Gasteiger partial charge in [0.15, 0.2) is 0 Å². The van der Waals surface area contributed by atoms with Gasteiger partial charge in [-0.1, -0.05) is 26.7 Å². The van der Waals surface area contributed by atoms with E-state index < -0.39 is 0 Å². The molecule has 0 aliphatic carbocycles. The molecule has 0 saturated heterocycles. The lowest BCUT2D eigenvalue weighted by Crippen LogP contribution is -2.23. The third-order valence-corrected chi connectivity index (χ3v) is 1.71. The molecule has 0 bridgehead atoms. The first-order valence-corrected chi connectivity index (χ1v) is 4.68. The van der Waals surface area contributed by atoms with Crippen molar-refractivity contribution in [1.29, 1.82) is 0 Å². The Kier molecular flexibility index (Phi) is 7.96. The van der Waals surface area contributed by atoms with Crippen LogP contribution in [0.2, 0.25) is 0 Å². The fourth-order valence-electron chi connectivity index (χ4n) is 1.03. The topological polar surface area (TPSA) is 38.0 Å². The van der Waals surface area contributed by atoms with Crippen molar-refractivity contribution in [2.24, 2.45) is 11.7 Å². The summed E-state index contributed by atoms with van der Waals surface area (Å²) < 4.78 is 0. The van der Waals surface area contributed by atoms with Gasteiger partial charge in [-0.3, -0.25) is 0 Å². The van der Waals surface area contributed by atoms with Crippen molar-refractivity contribution in [1.82, 2.24) is 5.32 Å². The highest BCUT2D eigenvalue weighted by atomic mass is 14.9. The predicted octanol–water partition coefficient (Wildman–Crippen LogP) is 1.36. The van der Waals surface area contributed by atoms with Crippen molar-refractivity contribution < 1.29 is 0 Å². The molecule has 0 fully saturated rings. The van der Waals surface area contributed by atoms with E-state index in [0.717, 1.165) is 25.6 Å². The van der Waals surface area contributed by atoms with Crippen molar-refractivity contribution in [3.63, 3.8) is 0 Å². The van der Waals surface area contributed by atoms with E-state index in [1.165, 1.54) is 19.3 Å². The zero-order valence-electron chi connectivity index (χ0n) is 7.90. The van der Waals surface area contributed by atoms with Crippen molar-refractivity contribution in [3.8, 4) is 0 Å². The summed E-state index contributed by atoms with van der Waals surface area (Å²) in [5.41, 5.74) is 5.33. The molecule has 2 nitrogen and oxygen atoms in total. The number of hydrogen-bond acceptors (Lipinski definition) is 2. The quantitative estimate of drug-likeness (QED) is 0.549. The molecule has 0 aliphatic rings. The van der Waals surface area contributed by atoms with Crippen LogP contribution < -0.4 is 11.1 Å². The number of rotatable bonds is 7. The SMILES string of the molecule is CC(C)CCCCNCCN. The Balaban J connectivity index is 2.80. The minimum Gasteiger partial charge on any atom is -0.329 e. The summed E-state index contributed by atoms with van der Waals surface area (Å²) in [6, 6.07) is 0. The Morgan fingerprint density at radius 3 is 2.45 bits per heavy atom. The second kappa shape index (κ2) is 8.02. The molecule has 0 aromatic heterocycles. The normalized spacial score (nSPS) is 10.9. The van der Waals surface area contributed by atoms with Crippen LogP contribution in [0.5, 0.6) is 0 Å². The molecule has 0 unspecified atom stereocenters. The van der Waals surface area contributed by atoms with Crippen LogP contribution in [-0.2, 0) is 0 Å². The van der Waals surface area contributed by atoms with E-state index in [4.69, 9.17) is 5.73 Å². The zero-order valence-corrected chi connectivity index (χ0v) is 7.90. The van der Waals surface area contributed by atoms with Crippen LogP contribution >= 0.6 is 0 Å². The van der Waals surface area contributed by atoms with E-state index >= 15 is 0 Å². The van der Waals surface area contributed by atoms with Crippen molar-refractivity contribution in [2.45, 2.75) is 33.1 Å². The Hall–Kier alpha value is -0.0800. The molecule has 0 spiro atoms. The molecule has 0 saturated carbocycles. The van der Waals surface area contributed by atoms with Gasteiger partial charge in [-0.25, -0.2) is 0 Å². The van der Waals surface area contributed by atoms with E-state index in [2.05, 4.69) is 19.2 Å². The largest absolute Gasteiger partial charge is 0.329 e. The maximum absolute atomic E-state index is 5.33. The summed E-state index contributed by atoms with van der Waals surface area (Å²) in [5.74, 6) is 0.851. The first kappa shape index (κ1) is 10.9. The van der Waals surface area contributed by atoms with Crippen LogP contribution in [0.4, 0.5) is 0 Å². The van der Waals surface area contributed by atoms with E-state index in [0.29, 0.717) is 0 Å². The lowest BCUT2D eigenvalue weighted by atomic mass is 10.1. The van der Waals surface area contributed by atoms with Crippen LogP contribution in [0.1, 0.15) is 33.1 Å². The average Bonchev–Trinajstić information content (AvgIpc) is 1.96. The maximum atomic E-state index is 5.33. The molecule has 0 atom stereocenters. The smallest absolute Gasteiger partial charge is 0.00745 e. The van der Waals surface area contributed by atoms with Gasteiger partial charge in [0.1, 0.15) is 0 Å². The second-order valence-electron chi connectivity index (χ2n) is 3.43. The van der Waals surface area contributed by atoms with E-state index in [1.807, 2.05) is 0 Å². The summed E-state index contributed by atoms with van der Waals surface area (Å²) in [4.78, 5) is 0. The second-order valence-corrected chi connectivity index (χ2v) is 3.43. The molecule has 0 aliphatic heterocycles. The highest BCUT2D eigenvalue weighted by molar-refractivity contribution is 4.50. The predicted molar refractivity (Wildman–Crippen MR) is 50.6 cm³/mol. The van der Waals surface area contributed by atoms with E-state index in [9.17, 15) is 0 Å². The molecule has 0 heterocycles. The molecule has 11 heavy (non-hydrogen) atoms. The minimum atomic E-state index is 0.754. The lowest BCUT2D eigenvalue weighted by molar-refractivity contribution is 0.522. The molecule has 0 radical (unpaired) electrons. The highest BCUT2D eigenvalue weighted by Gasteiger charge is 1.92. The molecule has 0 aromatic rings. The number of hydrogen-bond donors (Lipinski definition) is 2. The van der Waals surface area contributed by atoms with Crippen LogP contribution in [0.3, 0.4) is 0 Å². The van der Waals surface area contributed by atoms with Crippen molar-refractivity contribution in [2.75, 3.05) is 19.6 Å². The molecule has 68 valence electrons. The van der Waals surface area contributed by atoms with E-state index in [1.54, 1.807) is 0 Å². The Labute approximate surface area is 70.5 Å². The van der Waals surface area contributed by atoms with Gasteiger partial charge in [0.05, 0.1) is 0 Å². The molecular formula is C9H22N2. The van der Waals surface area contributed by atoms with Crippen LogP contribution in [0.25, 0.3) is 0 Å². The third-order valence-electron chi connectivity index (χ3n) is 1.71. The fraction of sp³-hybridized carbons (Fsp3) is 1.00. The molecule has 0 aromatic carbocycles. The van der Waals surface area contributed by atoms with Gasteiger partial charge >= 0.3 is 0 Å². The van der Waals surface area contributed by atoms with Gasteiger partial charge in [-0.2, -0.15) is 0 Å². The van der Waals surface area contributed by atoms with Gasteiger partial charge in [0.25, 0.3) is 0 Å². The Bertz CT molecular complexity index is 72.0. The zero-order chi connectivity index (χ0) is 8.53. The number of unbranched alkanes of at least 4 members (excludes halogenated alkanes) is 1. The lowest BCUT2D eigenvalue weighted by Gasteiger charge is -2.04. The standard InChI is InChI=1S/C9H22N2/c1-9(2)5-3-4-7-11-8-6-10/h9,11H,3-8,10H2,1-2H3. The van der Waals surface area contributed by atoms with Crippen LogP contribution in [0, 0.1) is 5.92 Å². The summed E-state index contributed by atoms with van der Waals surface area (Å²) in [6.45, 7) is 7.39. The molecule has 0 rings (SSSR count). The first-order chi connectivity index (χ1) is 5.27. The van der Waals surface area contributed by atoms with Crippen molar-refractivity contribution in [3.05, 3.63) is 0 Å². The monoisotopic (exact) mass is 158 g/mol. The Morgan fingerprint density at radius 2 is 1.91 bits per heavy atom. The van der Waals surface area contributed by atoms with Crippen LogP contribution in [-0.4, -0.2) is 19.6 Å². The number of nitrogens with one attached hydrogen (secondary N) is 1. The van der Waals surface area contributed by atoms with Crippen LogP contribution in [0.15, 0.2) is 0 Å². The first-order valence-electron chi connectivity index (χ1n) is 4.68. The fourth-order valence-corrected chi connectivity index (χ4v) is 1.03. The summed E-state index contributed by atoms with van der Waals surface area (Å²) in [7, 11) is 0. The van der Waals surface area contributed by atoms with Crippen molar-refractivity contribution >= 4 is 0 Å². The summed E-state index contributed by atoms with van der Waals surface area (Å²) >= 11 is 0. The highest BCUT2D eigenvalue weighted by Crippen LogP contribution is 2.04. The van der Waals surface area contributed by atoms with Gasteiger partial charge in [0.2, 0.25) is 0 Å².